The maximum atomic E-state index is 12.2. The molecule has 2 aromatic carbocycles. The maximum Gasteiger partial charge on any atom is 0.255 e. The van der Waals surface area contributed by atoms with Crippen molar-refractivity contribution < 1.29 is 9.53 Å². The number of halogens is 1. The lowest BCUT2D eigenvalue weighted by atomic mass is 10.1. The Labute approximate surface area is 131 Å². The third-order valence-electron chi connectivity index (χ3n) is 2.70. The van der Waals surface area contributed by atoms with Crippen LogP contribution in [0.5, 0.6) is 5.75 Å². The molecule has 0 fully saturated rings. The van der Waals surface area contributed by atoms with Gasteiger partial charge >= 0.3 is 0 Å². The molecule has 0 saturated carbocycles. The lowest BCUT2D eigenvalue weighted by molar-refractivity contribution is 0.102. The van der Waals surface area contributed by atoms with Crippen LogP contribution in [0.3, 0.4) is 0 Å². The summed E-state index contributed by atoms with van der Waals surface area (Å²) in [7, 11) is 0. The summed E-state index contributed by atoms with van der Waals surface area (Å²) in [5.74, 6) is 0.344. The Hall–Kier alpha value is -2.32. The molecule has 2 aromatic rings. The van der Waals surface area contributed by atoms with E-state index in [0.29, 0.717) is 17.0 Å². The monoisotopic (exact) mass is 344 g/mol. The first-order valence-electron chi connectivity index (χ1n) is 6.27. The van der Waals surface area contributed by atoms with Crippen molar-refractivity contribution in [2.45, 2.75) is 6.92 Å². The highest BCUT2D eigenvalue weighted by Gasteiger charge is 2.08. The molecule has 1 amide bonds. The molecule has 5 heteroatoms. The van der Waals surface area contributed by atoms with Gasteiger partial charge in [0.2, 0.25) is 0 Å². The molecule has 0 radical (unpaired) electrons. The Bertz CT molecular complexity index is 687. The topological polar surface area (TPSA) is 62.1 Å². The molecule has 0 atom stereocenters. The molecule has 21 heavy (non-hydrogen) atoms. The van der Waals surface area contributed by atoms with Gasteiger partial charge < -0.3 is 10.1 Å². The molecule has 0 aliphatic rings. The summed E-state index contributed by atoms with van der Waals surface area (Å²) in [6.07, 6.45) is 0. The summed E-state index contributed by atoms with van der Waals surface area (Å²) >= 11 is 3.38. The van der Waals surface area contributed by atoms with E-state index in [2.05, 4.69) is 21.2 Å². The number of rotatable bonds is 4. The molecule has 0 unspecified atom stereocenters. The predicted molar refractivity (Wildman–Crippen MR) is 84.4 cm³/mol. The fourth-order valence-corrected chi connectivity index (χ4v) is 2.46. The number of nitrogens with zero attached hydrogens (tertiary/aromatic N) is 1. The van der Waals surface area contributed by atoms with Gasteiger partial charge in [-0.1, -0.05) is 22.0 Å². The van der Waals surface area contributed by atoms with Gasteiger partial charge in [0, 0.05) is 21.8 Å². The molecular formula is C16H13BrN2O2. The first-order valence-corrected chi connectivity index (χ1v) is 7.06. The van der Waals surface area contributed by atoms with Crippen molar-refractivity contribution in [3.63, 3.8) is 0 Å². The summed E-state index contributed by atoms with van der Waals surface area (Å²) < 4.78 is 6.06. The van der Waals surface area contributed by atoms with Crippen molar-refractivity contribution in [1.29, 1.82) is 5.26 Å². The Morgan fingerprint density at radius 1 is 1.33 bits per heavy atom. The second-order valence-corrected chi connectivity index (χ2v) is 5.36. The van der Waals surface area contributed by atoms with Crippen LogP contribution in [0.15, 0.2) is 46.9 Å². The van der Waals surface area contributed by atoms with Crippen LogP contribution in [0.2, 0.25) is 0 Å². The van der Waals surface area contributed by atoms with Crippen molar-refractivity contribution in [2.24, 2.45) is 0 Å². The van der Waals surface area contributed by atoms with E-state index < -0.39 is 0 Å². The largest absolute Gasteiger partial charge is 0.479 e. The van der Waals surface area contributed by atoms with E-state index in [0.717, 1.165) is 10.0 Å². The Balaban J connectivity index is 2.14. The van der Waals surface area contributed by atoms with Crippen LogP contribution < -0.4 is 10.1 Å². The minimum Gasteiger partial charge on any atom is -0.479 e. The number of amides is 1. The Morgan fingerprint density at radius 3 is 2.86 bits per heavy atom. The molecular weight excluding hydrogens is 332 g/mol. The van der Waals surface area contributed by atoms with Crippen LogP contribution in [-0.4, -0.2) is 12.5 Å². The number of carbonyl (C=O) groups is 1. The molecule has 0 aliphatic carbocycles. The molecule has 0 saturated heterocycles. The van der Waals surface area contributed by atoms with Gasteiger partial charge in [-0.05, 0) is 42.8 Å². The summed E-state index contributed by atoms with van der Waals surface area (Å²) in [6, 6.07) is 14.4. The fourth-order valence-electron chi connectivity index (χ4n) is 1.85. The quantitative estimate of drug-likeness (QED) is 0.914. The maximum absolute atomic E-state index is 12.2. The highest BCUT2D eigenvalue weighted by molar-refractivity contribution is 9.10. The van der Waals surface area contributed by atoms with Crippen LogP contribution >= 0.6 is 15.9 Å². The number of hydrogen-bond acceptors (Lipinski definition) is 3. The van der Waals surface area contributed by atoms with Crippen molar-refractivity contribution >= 4 is 27.5 Å². The third kappa shape index (κ3) is 4.33. The second-order valence-electron chi connectivity index (χ2n) is 4.45. The highest BCUT2D eigenvalue weighted by atomic mass is 79.9. The lowest BCUT2D eigenvalue weighted by Crippen LogP contribution is -2.12. The van der Waals surface area contributed by atoms with Gasteiger partial charge in [-0.2, -0.15) is 5.26 Å². The Morgan fingerprint density at radius 2 is 2.14 bits per heavy atom. The van der Waals surface area contributed by atoms with Crippen LogP contribution in [0.25, 0.3) is 0 Å². The van der Waals surface area contributed by atoms with Crippen LogP contribution in [0, 0.1) is 18.3 Å². The summed E-state index contributed by atoms with van der Waals surface area (Å²) in [6.45, 7) is 1.90. The van der Waals surface area contributed by atoms with Gasteiger partial charge in [0.1, 0.15) is 11.8 Å². The van der Waals surface area contributed by atoms with E-state index >= 15 is 0 Å². The molecule has 0 aromatic heterocycles. The number of hydrogen-bond donors (Lipinski definition) is 1. The van der Waals surface area contributed by atoms with Gasteiger partial charge in [-0.3, -0.25) is 4.79 Å². The number of nitrogens with one attached hydrogen (secondary N) is 1. The number of ether oxygens (including phenoxy) is 1. The molecule has 2 rings (SSSR count). The number of benzene rings is 2. The van der Waals surface area contributed by atoms with Gasteiger partial charge in [-0.15, -0.1) is 0 Å². The standard InChI is InChI=1S/C16H13BrN2O2/c1-11-7-12(9-13(17)8-11)16(20)19-14-3-2-4-15(10-14)21-6-5-18/h2-4,7-10H,6H2,1H3,(H,19,20). The third-order valence-corrected chi connectivity index (χ3v) is 3.16. The molecule has 0 heterocycles. The zero-order valence-corrected chi connectivity index (χ0v) is 13.0. The van der Waals surface area contributed by atoms with E-state index in [9.17, 15) is 4.79 Å². The minimum atomic E-state index is -0.197. The molecule has 0 bridgehead atoms. The first-order chi connectivity index (χ1) is 10.1. The second kappa shape index (κ2) is 6.91. The van der Waals surface area contributed by atoms with Crippen molar-refractivity contribution in [3.8, 4) is 11.8 Å². The Kier molecular flexibility index (Phi) is 4.96. The van der Waals surface area contributed by atoms with Crippen LogP contribution in [0.1, 0.15) is 15.9 Å². The normalized spacial score (nSPS) is 9.76. The van der Waals surface area contributed by atoms with Gasteiger partial charge in [0.25, 0.3) is 5.91 Å². The number of anilines is 1. The summed E-state index contributed by atoms with van der Waals surface area (Å²) in [5, 5.41) is 11.3. The molecule has 0 spiro atoms. The van der Waals surface area contributed by atoms with Gasteiger partial charge in [-0.25, -0.2) is 0 Å². The molecule has 1 N–H and O–H groups in total. The number of aryl methyl sites for hydroxylation is 1. The summed E-state index contributed by atoms with van der Waals surface area (Å²) in [5.41, 5.74) is 2.19. The van der Waals surface area contributed by atoms with Crippen LogP contribution in [0.4, 0.5) is 5.69 Å². The minimum absolute atomic E-state index is 0.0256. The van der Waals surface area contributed by atoms with Crippen molar-refractivity contribution in [3.05, 3.63) is 58.1 Å². The fraction of sp³-hybridized carbons (Fsp3) is 0.125. The smallest absolute Gasteiger partial charge is 0.255 e. The van der Waals surface area contributed by atoms with E-state index in [1.165, 1.54) is 0 Å². The lowest BCUT2D eigenvalue weighted by Gasteiger charge is -2.08. The first kappa shape index (κ1) is 15.1. The van der Waals surface area contributed by atoms with E-state index in [1.54, 1.807) is 30.3 Å². The SMILES string of the molecule is Cc1cc(Br)cc(C(=O)Nc2cccc(OCC#N)c2)c1. The van der Waals surface area contributed by atoms with Gasteiger partial charge in [0.05, 0.1) is 0 Å². The average Bonchev–Trinajstić information content (AvgIpc) is 2.44. The average molecular weight is 345 g/mol. The van der Waals surface area contributed by atoms with E-state index in [-0.39, 0.29) is 12.5 Å². The number of nitriles is 1. The zero-order chi connectivity index (χ0) is 15.2. The van der Waals surface area contributed by atoms with E-state index in [4.69, 9.17) is 10.00 Å². The predicted octanol–water partition coefficient (Wildman–Crippen LogP) is 3.91. The highest BCUT2D eigenvalue weighted by Crippen LogP contribution is 2.20. The molecule has 4 nitrogen and oxygen atoms in total. The van der Waals surface area contributed by atoms with Gasteiger partial charge in [0.15, 0.2) is 6.61 Å². The number of carbonyl (C=O) groups excluding carboxylic acids is 1. The molecule has 0 aliphatic heterocycles. The summed E-state index contributed by atoms with van der Waals surface area (Å²) in [4.78, 5) is 12.2. The van der Waals surface area contributed by atoms with Crippen LogP contribution in [-0.2, 0) is 0 Å². The van der Waals surface area contributed by atoms with Crippen molar-refractivity contribution in [1.82, 2.24) is 0 Å². The zero-order valence-electron chi connectivity index (χ0n) is 11.4. The molecule has 106 valence electrons. The van der Waals surface area contributed by atoms with E-state index in [1.807, 2.05) is 25.1 Å². The van der Waals surface area contributed by atoms with Crippen molar-refractivity contribution in [2.75, 3.05) is 11.9 Å².